The number of hydrogen-bond donors (Lipinski definition) is 0. The molecule has 3 rings (SSSR count). The Labute approximate surface area is 101 Å². The zero-order chi connectivity index (χ0) is 11.8. The number of ketones is 1. The molecule has 3 aliphatic rings. The van der Waals surface area contributed by atoms with Crippen LogP contribution in [0.15, 0.2) is 59.1 Å². The van der Waals surface area contributed by atoms with Crippen molar-refractivity contribution in [3.63, 3.8) is 0 Å². The fourth-order valence-corrected chi connectivity index (χ4v) is 2.55. The van der Waals surface area contributed by atoms with Gasteiger partial charge in [-0.3, -0.25) is 4.79 Å². The molecule has 17 heavy (non-hydrogen) atoms. The summed E-state index contributed by atoms with van der Waals surface area (Å²) in [4.78, 5) is 11.6. The molecule has 0 amide bonds. The maximum atomic E-state index is 11.6. The third-order valence-electron chi connectivity index (χ3n) is 3.37. The van der Waals surface area contributed by atoms with E-state index in [-0.39, 0.29) is 11.7 Å². The fraction of sp³-hybridized carbons (Fsp3) is 0.267. The number of ether oxygens (including phenoxy) is 1. The van der Waals surface area contributed by atoms with Crippen LogP contribution in [-0.4, -0.2) is 5.78 Å². The molecule has 0 bridgehead atoms. The van der Waals surface area contributed by atoms with Gasteiger partial charge in [-0.05, 0) is 13.3 Å². The molecular weight excluding hydrogens is 212 g/mol. The highest BCUT2D eigenvalue weighted by atomic mass is 16.5. The topological polar surface area (TPSA) is 26.3 Å². The summed E-state index contributed by atoms with van der Waals surface area (Å²) in [5.41, 5.74) is 1.96. The Morgan fingerprint density at radius 2 is 2.18 bits per heavy atom. The first-order chi connectivity index (χ1) is 8.27. The molecular formula is C15H14O2. The van der Waals surface area contributed by atoms with Gasteiger partial charge in [-0.1, -0.05) is 36.5 Å². The van der Waals surface area contributed by atoms with E-state index in [1.165, 1.54) is 5.57 Å². The van der Waals surface area contributed by atoms with Crippen LogP contribution in [0, 0.1) is 5.92 Å². The first-order valence-corrected chi connectivity index (χ1v) is 5.93. The Hall–Kier alpha value is -1.83. The highest BCUT2D eigenvalue weighted by molar-refractivity contribution is 5.97. The Bertz CT molecular complexity index is 527. The lowest BCUT2D eigenvalue weighted by Gasteiger charge is -2.17. The van der Waals surface area contributed by atoms with Crippen molar-refractivity contribution in [2.45, 2.75) is 19.8 Å². The van der Waals surface area contributed by atoms with Crippen molar-refractivity contribution in [3.05, 3.63) is 59.1 Å². The van der Waals surface area contributed by atoms with E-state index in [0.717, 1.165) is 29.9 Å². The van der Waals surface area contributed by atoms with Crippen molar-refractivity contribution in [1.29, 1.82) is 0 Å². The summed E-state index contributed by atoms with van der Waals surface area (Å²) in [7, 11) is 0. The van der Waals surface area contributed by atoms with Gasteiger partial charge in [0, 0.05) is 17.9 Å². The zero-order valence-corrected chi connectivity index (χ0v) is 9.77. The van der Waals surface area contributed by atoms with E-state index >= 15 is 0 Å². The fourth-order valence-electron chi connectivity index (χ4n) is 2.55. The minimum absolute atomic E-state index is 0.0816. The largest absolute Gasteiger partial charge is 0.464 e. The minimum Gasteiger partial charge on any atom is -0.464 e. The molecule has 0 saturated heterocycles. The molecule has 2 aliphatic carbocycles. The quantitative estimate of drug-likeness (QED) is 0.686. The average molecular weight is 226 g/mol. The predicted molar refractivity (Wildman–Crippen MR) is 66.0 cm³/mol. The highest BCUT2D eigenvalue weighted by Crippen LogP contribution is 2.43. The lowest BCUT2D eigenvalue weighted by atomic mass is 9.87. The van der Waals surface area contributed by atoms with Crippen molar-refractivity contribution >= 4 is 5.78 Å². The van der Waals surface area contributed by atoms with Crippen LogP contribution in [0.3, 0.4) is 0 Å². The number of hydrogen-bond acceptors (Lipinski definition) is 2. The van der Waals surface area contributed by atoms with Crippen LogP contribution in [0.2, 0.25) is 0 Å². The van der Waals surface area contributed by atoms with E-state index in [4.69, 9.17) is 4.74 Å². The molecule has 0 spiro atoms. The standard InChI is InChI=1S/C15H14O2/c1-10(16)11-7-5-8-13-12-6-3-2-4-9-14(12)17-15(11)13/h2-7,13H,8-9H2,1H3. The van der Waals surface area contributed by atoms with Gasteiger partial charge in [-0.15, -0.1) is 0 Å². The first-order valence-electron chi connectivity index (χ1n) is 5.93. The molecule has 1 unspecified atom stereocenters. The summed E-state index contributed by atoms with van der Waals surface area (Å²) in [6.45, 7) is 1.59. The van der Waals surface area contributed by atoms with Crippen LogP contribution >= 0.6 is 0 Å². The van der Waals surface area contributed by atoms with Crippen molar-refractivity contribution < 1.29 is 9.53 Å². The van der Waals surface area contributed by atoms with Crippen LogP contribution in [0.1, 0.15) is 19.8 Å². The smallest absolute Gasteiger partial charge is 0.163 e. The monoisotopic (exact) mass is 226 g/mol. The molecule has 1 aliphatic heterocycles. The van der Waals surface area contributed by atoms with Crippen LogP contribution in [-0.2, 0) is 9.53 Å². The van der Waals surface area contributed by atoms with Crippen LogP contribution in [0.4, 0.5) is 0 Å². The van der Waals surface area contributed by atoms with Gasteiger partial charge < -0.3 is 4.74 Å². The van der Waals surface area contributed by atoms with Gasteiger partial charge in [0.1, 0.15) is 11.5 Å². The van der Waals surface area contributed by atoms with Crippen LogP contribution in [0.25, 0.3) is 0 Å². The van der Waals surface area contributed by atoms with Gasteiger partial charge in [-0.2, -0.15) is 0 Å². The number of carbonyl (C=O) groups excluding carboxylic acids is 1. The summed E-state index contributed by atoms with van der Waals surface area (Å²) >= 11 is 0. The number of rotatable bonds is 1. The molecule has 2 heteroatoms. The van der Waals surface area contributed by atoms with Crippen molar-refractivity contribution in [1.82, 2.24) is 0 Å². The Balaban J connectivity index is 2.05. The van der Waals surface area contributed by atoms with E-state index in [0.29, 0.717) is 0 Å². The lowest BCUT2D eigenvalue weighted by Crippen LogP contribution is -2.11. The summed E-state index contributed by atoms with van der Waals surface area (Å²) < 4.78 is 5.91. The molecule has 0 N–H and O–H groups in total. The van der Waals surface area contributed by atoms with Gasteiger partial charge in [0.15, 0.2) is 5.78 Å². The third-order valence-corrected chi connectivity index (χ3v) is 3.37. The third kappa shape index (κ3) is 1.60. The molecule has 1 heterocycles. The van der Waals surface area contributed by atoms with Gasteiger partial charge >= 0.3 is 0 Å². The maximum absolute atomic E-state index is 11.6. The Kier molecular flexibility index (Phi) is 2.36. The maximum Gasteiger partial charge on any atom is 0.163 e. The van der Waals surface area contributed by atoms with Gasteiger partial charge in [0.05, 0.1) is 5.57 Å². The number of fused-ring (bicyclic) bond motifs is 2. The lowest BCUT2D eigenvalue weighted by molar-refractivity contribution is -0.113. The summed E-state index contributed by atoms with van der Waals surface area (Å²) in [5.74, 6) is 2.17. The number of carbonyl (C=O) groups is 1. The molecule has 0 saturated carbocycles. The van der Waals surface area contributed by atoms with Gasteiger partial charge in [-0.25, -0.2) is 0 Å². The summed E-state index contributed by atoms with van der Waals surface area (Å²) in [6, 6.07) is 0. The first kappa shape index (κ1) is 10.3. The predicted octanol–water partition coefficient (Wildman–Crippen LogP) is 3.21. The van der Waals surface area contributed by atoms with E-state index in [2.05, 4.69) is 18.2 Å². The van der Waals surface area contributed by atoms with Crippen LogP contribution in [0.5, 0.6) is 0 Å². The molecule has 0 aromatic rings. The Morgan fingerprint density at radius 1 is 1.29 bits per heavy atom. The second-order valence-electron chi connectivity index (χ2n) is 4.50. The number of allylic oxidation sites excluding steroid dienone is 8. The molecule has 0 aromatic heterocycles. The molecule has 0 fully saturated rings. The zero-order valence-electron chi connectivity index (χ0n) is 9.77. The normalized spacial score (nSPS) is 25.6. The molecule has 2 nitrogen and oxygen atoms in total. The summed E-state index contributed by atoms with van der Waals surface area (Å²) in [6.07, 6.45) is 14.0. The molecule has 86 valence electrons. The second-order valence-corrected chi connectivity index (χ2v) is 4.50. The second kappa shape index (κ2) is 3.88. The number of Topliss-reactive ketones (excluding diaryl/α,β-unsaturated/α-hetero) is 1. The highest BCUT2D eigenvalue weighted by Gasteiger charge is 2.34. The molecule has 1 atom stereocenters. The average Bonchev–Trinajstić information content (AvgIpc) is 2.52. The van der Waals surface area contributed by atoms with E-state index in [1.807, 2.05) is 18.2 Å². The minimum atomic E-state index is 0.0816. The van der Waals surface area contributed by atoms with Crippen molar-refractivity contribution in [2.75, 3.05) is 0 Å². The molecule has 0 aromatic carbocycles. The van der Waals surface area contributed by atoms with Gasteiger partial charge in [0.2, 0.25) is 0 Å². The van der Waals surface area contributed by atoms with Crippen LogP contribution < -0.4 is 0 Å². The van der Waals surface area contributed by atoms with Crippen molar-refractivity contribution in [2.24, 2.45) is 5.92 Å². The van der Waals surface area contributed by atoms with Gasteiger partial charge in [0.25, 0.3) is 0 Å². The van der Waals surface area contributed by atoms with E-state index < -0.39 is 0 Å². The summed E-state index contributed by atoms with van der Waals surface area (Å²) in [5, 5.41) is 0. The van der Waals surface area contributed by atoms with Crippen molar-refractivity contribution in [3.8, 4) is 0 Å². The molecule has 0 radical (unpaired) electrons. The Morgan fingerprint density at radius 3 is 3.00 bits per heavy atom. The SMILES string of the molecule is CC(=O)C1=C2OC3=C(C=CC=CC3)C2CC=C1. The van der Waals surface area contributed by atoms with E-state index in [1.54, 1.807) is 6.92 Å². The van der Waals surface area contributed by atoms with E-state index in [9.17, 15) is 4.79 Å².